The SMILES string of the molecule is COc1ccc([C@H](O)CNC(=O)NCCCn2cnc3ccccc32)cc1. The molecule has 0 aliphatic heterocycles. The number of benzene rings is 2. The highest BCUT2D eigenvalue weighted by Gasteiger charge is 2.09. The van der Waals surface area contributed by atoms with Gasteiger partial charge in [0, 0.05) is 19.6 Å². The molecule has 0 saturated carbocycles. The molecule has 2 amide bonds. The Hall–Kier alpha value is -3.06. The number of aliphatic hydroxyl groups excluding tert-OH is 1. The van der Waals surface area contributed by atoms with Crippen LogP contribution in [0.15, 0.2) is 54.9 Å². The highest BCUT2D eigenvalue weighted by molar-refractivity contribution is 5.75. The van der Waals surface area contributed by atoms with Crippen LogP contribution in [0, 0.1) is 0 Å². The summed E-state index contributed by atoms with van der Waals surface area (Å²) < 4.78 is 7.16. The lowest BCUT2D eigenvalue weighted by atomic mass is 10.1. The average molecular weight is 368 g/mol. The number of para-hydroxylation sites is 2. The number of hydrogen-bond acceptors (Lipinski definition) is 4. The fourth-order valence-corrected chi connectivity index (χ4v) is 2.84. The number of carbonyl (C=O) groups is 1. The Labute approximate surface area is 158 Å². The highest BCUT2D eigenvalue weighted by atomic mass is 16.5. The van der Waals surface area contributed by atoms with E-state index in [1.807, 2.05) is 30.6 Å². The minimum absolute atomic E-state index is 0.143. The van der Waals surface area contributed by atoms with Crippen LogP contribution in [-0.2, 0) is 6.54 Å². The van der Waals surface area contributed by atoms with Gasteiger partial charge in [0.25, 0.3) is 0 Å². The summed E-state index contributed by atoms with van der Waals surface area (Å²) in [6.07, 6.45) is 1.84. The maximum Gasteiger partial charge on any atom is 0.314 e. The van der Waals surface area contributed by atoms with Gasteiger partial charge in [-0.25, -0.2) is 9.78 Å². The molecule has 27 heavy (non-hydrogen) atoms. The zero-order valence-corrected chi connectivity index (χ0v) is 15.3. The van der Waals surface area contributed by atoms with Gasteiger partial charge in [-0.3, -0.25) is 0 Å². The van der Waals surface area contributed by atoms with Gasteiger partial charge >= 0.3 is 6.03 Å². The highest BCUT2D eigenvalue weighted by Crippen LogP contribution is 2.17. The van der Waals surface area contributed by atoms with Crippen molar-refractivity contribution in [2.45, 2.75) is 19.1 Å². The van der Waals surface area contributed by atoms with Crippen molar-refractivity contribution in [3.63, 3.8) is 0 Å². The number of rotatable bonds is 8. The van der Waals surface area contributed by atoms with E-state index in [2.05, 4.69) is 20.2 Å². The third kappa shape index (κ3) is 4.98. The number of aliphatic hydroxyl groups is 1. The van der Waals surface area contributed by atoms with Gasteiger partial charge in [0.05, 0.1) is 30.6 Å². The van der Waals surface area contributed by atoms with Gasteiger partial charge in [-0.05, 0) is 36.2 Å². The molecular weight excluding hydrogens is 344 g/mol. The number of amides is 2. The number of urea groups is 1. The lowest BCUT2D eigenvalue weighted by molar-refractivity contribution is 0.173. The van der Waals surface area contributed by atoms with E-state index in [0.717, 1.165) is 35.3 Å². The minimum Gasteiger partial charge on any atom is -0.497 e. The van der Waals surface area contributed by atoms with E-state index in [1.54, 1.807) is 31.4 Å². The number of hydrogen-bond donors (Lipinski definition) is 3. The van der Waals surface area contributed by atoms with Gasteiger partial charge in [-0.2, -0.15) is 0 Å². The number of aryl methyl sites for hydroxylation is 1. The molecule has 3 rings (SSSR count). The van der Waals surface area contributed by atoms with Crippen molar-refractivity contribution in [3.8, 4) is 5.75 Å². The van der Waals surface area contributed by atoms with Gasteiger partial charge in [0.15, 0.2) is 0 Å². The first-order valence-electron chi connectivity index (χ1n) is 8.91. The molecule has 3 aromatic rings. The third-order valence-corrected chi connectivity index (χ3v) is 4.35. The quantitative estimate of drug-likeness (QED) is 0.533. The van der Waals surface area contributed by atoms with Gasteiger partial charge in [-0.1, -0.05) is 24.3 Å². The summed E-state index contributed by atoms with van der Waals surface area (Å²) in [6, 6.07) is 14.8. The van der Waals surface area contributed by atoms with Crippen molar-refractivity contribution >= 4 is 17.1 Å². The van der Waals surface area contributed by atoms with Crippen molar-refractivity contribution in [3.05, 3.63) is 60.4 Å². The van der Waals surface area contributed by atoms with E-state index in [1.165, 1.54) is 0 Å². The predicted octanol–water partition coefficient (Wildman–Crippen LogP) is 2.47. The number of carbonyl (C=O) groups excluding carboxylic acids is 1. The van der Waals surface area contributed by atoms with Gasteiger partial charge < -0.3 is 25.0 Å². The molecule has 1 aromatic heterocycles. The zero-order chi connectivity index (χ0) is 19.1. The molecule has 0 unspecified atom stereocenters. The zero-order valence-electron chi connectivity index (χ0n) is 15.3. The topological polar surface area (TPSA) is 88.4 Å². The van der Waals surface area contributed by atoms with Crippen LogP contribution in [0.3, 0.4) is 0 Å². The van der Waals surface area contributed by atoms with Crippen molar-refractivity contribution in [1.29, 1.82) is 0 Å². The second-order valence-corrected chi connectivity index (χ2v) is 6.21. The van der Waals surface area contributed by atoms with Crippen LogP contribution in [0.4, 0.5) is 4.79 Å². The molecule has 0 saturated heterocycles. The monoisotopic (exact) mass is 368 g/mol. The Kier molecular flexibility index (Phi) is 6.27. The van der Waals surface area contributed by atoms with Gasteiger partial charge in [0.2, 0.25) is 0 Å². The molecule has 0 aliphatic carbocycles. The first-order chi connectivity index (χ1) is 13.2. The maximum atomic E-state index is 11.9. The molecule has 1 heterocycles. The van der Waals surface area contributed by atoms with Crippen LogP contribution in [-0.4, -0.2) is 40.9 Å². The van der Waals surface area contributed by atoms with Gasteiger partial charge in [0.1, 0.15) is 5.75 Å². The molecule has 1 atom stereocenters. The normalized spacial score (nSPS) is 11.9. The summed E-state index contributed by atoms with van der Waals surface area (Å²) in [5.41, 5.74) is 2.78. The van der Waals surface area contributed by atoms with E-state index >= 15 is 0 Å². The average Bonchev–Trinajstić information content (AvgIpc) is 3.12. The van der Waals surface area contributed by atoms with E-state index in [4.69, 9.17) is 4.74 Å². The van der Waals surface area contributed by atoms with Crippen LogP contribution < -0.4 is 15.4 Å². The standard InChI is InChI=1S/C20H24N4O3/c1-27-16-9-7-15(8-10-16)19(25)13-22-20(26)21-11-4-12-24-14-23-17-5-2-3-6-18(17)24/h2-3,5-10,14,19,25H,4,11-13H2,1H3,(H2,21,22,26)/t19-/m1/s1. The maximum absolute atomic E-state index is 11.9. The molecule has 0 aliphatic rings. The molecular formula is C20H24N4O3. The molecule has 0 bridgehead atoms. The summed E-state index contributed by atoms with van der Waals surface area (Å²) in [6.45, 7) is 1.45. The largest absolute Gasteiger partial charge is 0.497 e. The van der Waals surface area contributed by atoms with Crippen molar-refractivity contribution in [2.24, 2.45) is 0 Å². The summed E-state index contributed by atoms with van der Waals surface area (Å²) in [7, 11) is 1.59. The Morgan fingerprint density at radius 2 is 1.96 bits per heavy atom. The van der Waals surface area contributed by atoms with E-state index in [9.17, 15) is 9.90 Å². The summed E-state index contributed by atoms with van der Waals surface area (Å²) >= 11 is 0. The minimum atomic E-state index is -0.765. The third-order valence-electron chi connectivity index (χ3n) is 4.35. The van der Waals surface area contributed by atoms with E-state index in [0.29, 0.717) is 6.54 Å². The predicted molar refractivity (Wildman–Crippen MR) is 104 cm³/mol. The van der Waals surface area contributed by atoms with Crippen LogP contribution in [0.25, 0.3) is 11.0 Å². The number of nitrogens with one attached hydrogen (secondary N) is 2. The van der Waals surface area contributed by atoms with Crippen LogP contribution >= 0.6 is 0 Å². The van der Waals surface area contributed by atoms with E-state index < -0.39 is 6.10 Å². The Balaban J connectivity index is 1.37. The Bertz CT molecular complexity index is 876. The summed E-state index contributed by atoms with van der Waals surface area (Å²) in [5, 5.41) is 15.6. The first kappa shape index (κ1) is 18.7. The molecule has 2 aromatic carbocycles. The lowest BCUT2D eigenvalue weighted by Crippen LogP contribution is -2.38. The number of nitrogens with zero attached hydrogens (tertiary/aromatic N) is 2. The number of fused-ring (bicyclic) bond motifs is 1. The van der Waals surface area contributed by atoms with Gasteiger partial charge in [-0.15, -0.1) is 0 Å². The second kappa shape index (κ2) is 9.05. The fraction of sp³-hybridized carbons (Fsp3) is 0.300. The Morgan fingerprint density at radius 1 is 1.19 bits per heavy atom. The Morgan fingerprint density at radius 3 is 2.74 bits per heavy atom. The molecule has 3 N–H and O–H groups in total. The molecule has 0 radical (unpaired) electrons. The van der Waals surface area contributed by atoms with E-state index in [-0.39, 0.29) is 12.6 Å². The van der Waals surface area contributed by atoms with Crippen molar-refractivity contribution in [2.75, 3.05) is 20.2 Å². The molecule has 0 spiro atoms. The molecule has 7 nitrogen and oxygen atoms in total. The number of methoxy groups -OCH3 is 1. The van der Waals surface area contributed by atoms with Crippen LogP contribution in [0.5, 0.6) is 5.75 Å². The van der Waals surface area contributed by atoms with Crippen LogP contribution in [0.1, 0.15) is 18.1 Å². The summed E-state index contributed by atoms with van der Waals surface area (Å²) in [4.78, 5) is 16.2. The molecule has 142 valence electrons. The lowest BCUT2D eigenvalue weighted by Gasteiger charge is -2.13. The number of aromatic nitrogens is 2. The van der Waals surface area contributed by atoms with Crippen molar-refractivity contribution in [1.82, 2.24) is 20.2 Å². The molecule has 0 fully saturated rings. The smallest absolute Gasteiger partial charge is 0.314 e. The number of imidazole rings is 1. The first-order valence-corrected chi connectivity index (χ1v) is 8.91. The second-order valence-electron chi connectivity index (χ2n) is 6.21. The fourth-order valence-electron chi connectivity index (χ4n) is 2.84. The van der Waals surface area contributed by atoms with Crippen LogP contribution in [0.2, 0.25) is 0 Å². The van der Waals surface area contributed by atoms with Crippen molar-refractivity contribution < 1.29 is 14.6 Å². The summed E-state index contributed by atoms with van der Waals surface area (Å²) in [5.74, 6) is 0.724. The number of ether oxygens (including phenoxy) is 1. The molecule has 7 heteroatoms.